The first-order chi connectivity index (χ1) is 9.06. The highest BCUT2D eigenvalue weighted by Crippen LogP contribution is 2.18. The minimum absolute atomic E-state index is 0.0515. The summed E-state index contributed by atoms with van der Waals surface area (Å²) in [5, 5.41) is 1.55. The van der Waals surface area contributed by atoms with Gasteiger partial charge in [0.2, 0.25) is 5.91 Å². The lowest BCUT2D eigenvalue weighted by atomic mass is 10.2. The molecule has 0 fully saturated rings. The number of benzene rings is 2. The molecule has 0 spiro atoms. The van der Waals surface area contributed by atoms with Crippen molar-refractivity contribution < 1.29 is 4.79 Å². The second kappa shape index (κ2) is 5.57. The highest BCUT2D eigenvalue weighted by Gasteiger charge is 2.11. The van der Waals surface area contributed by atoms with Crippen LogP contribution in [0.5, 0.6) is 0 Å². The first-order valence-corrected chi connectivity index (χ1v) is 6.27. The lowest BCUT2D eigenvalue weighted by Crippen LogP contribution is -2.34. The third-order valence-corrected chi connectivity index (χ3v) is 2.90. The van der Waals surface area contributed by atoms with Gasteiger partial charge in [0.05, 0.1) is 11.4 Å². The predicted octanol–water partition coefficient (Wildman–Crippen LogP) is 3.68. The average molecular weight is 254 g/mol. The number of carbonyl (C=O) groups excluding carboxylic acids is 1. The Labute approximate surface area is 113 Å². The topological polar surface area (TPSA) is 32.3 Å². The summed E-state index contributed by atoms with van der Waals surface area (Å²) in [7, 11) is 0. The number of hydrazine groups is 1. The zero-order valence-electron chi connectivity index (χ0n) is 11.5. The molecule has 0 heterocycles. The van der Waals surface area contributed by atoms with Gasteiger partial charge < -0.3 is 0 Å². The number of carbonyl (C=O) groups is 1. The highest BCUT2D eigenvalue weighted by atomic mass is 16.2. The van der Waals surface area contributed by atoms with E-state index in [0.29, 0.717) is 0 Å². The third kappa shape index (κ3) is 3.35. The lowest BCUT2D eigenvalue weighted by molar-refractivity contribution is -0.116. The maximum atomic E-state index is 11.8. The van der Waals surface area contributed by atoms with Gasteiger partial charge in [0, 0.05) is 6.92 Å². The van der Waals surface area contributed by atoms with Gasteiger partial charge >= 0.3 is 0 Å². The summed E-state index contributed by atoms with van der Waals surface area (Å²) in [6.45, 7) is 5.60. The molecule has 0 radical (unpaired) electrons. The number of hydrogen-bond acceptors (Lipinski definition) is 2. The van der Waals surface area contributed by atoms with Crippen molar-refractivity contribution >= 4 is 17.3 Å². The molecule has 0 aliphatic rings. The van der Waals surface area contributed by atoms with Crippen molar-refractivity contribution in [2.24, 2.45) is 0 Å². The maximum Gasteiger partial charge on any atom is 0.242 e. The molecule has 0 aromatic heterocycles. The van der Waals surface area contributed by atoms with Crippen molar-refractivity contribution in [3.05, 3.63) is 59.7 Å². The number of anilines is 2. The van der Waals surface area contributed by atoms with E-state index < -0.39 is 0 Å². The van der Waals surface area contributed by atoms with Crippen LogP contribution in [0.15, 0.2) is 48.5 Å². The number of hydrogen-bond donors (Lipinski definition) is 1. The summed E-state index contributed by atoms with van der Waals surface area (Å²) < 4.78 is 0. The predicted molar refractivity (Wildman–Crippen MR) is 79.1 cm³/mol. The van der Waals surface area contributed by atoms with Crippen LogP contribution < -0.4 is 10.4 Å². The Morgan fingerprint density at radius 1 is 0.895 bits per heavy atom. The Kier molecular flexibility index (Phi) is 3.85. The average Bonchev–Trinajstić information content (AvgIpc) is 2.39. The molecule has 0 saturated carbocycles. The molecular weight excluding hydrogens is 236 g/mol. The molecule has 3 heteroatoms. The summed E-state index contributed by atoms with van der Waals surface area (Å²) in [4.78, 5) is 11.8. The summed E-state index contributed by atoms with van der Waals surface area (Å²) in [5.74, 6) is -0.0515. The molecule has 3 nitrogen and oxygen atoms in total. The van der Waals surface area contributed by atoms with E-state index in [1.165, 1.54) is 11.1 Å². The zero-order valence-corrected chi connectivity index (χ0v) is 11.5. The van der Waals surface area contributed by atoms with Gasteiger partial charge in [0.25, 0.3) is 0 Å². The molecule has 1 amide bonds. The van der Waals surface area contributed by atoms with Crippen LogP contribution in [0.25, 0.3) is 0 Å². The Bertz CT molecular complexity index is 558. The van der Waals surface area contributed by atoms with Crippen LogP contribution in [0, 0.1) is 13.8 Å². The van der Waals surface area contributed by atoms with Crippen LogP contribution in [0.1, 0.15) is 18.1 Å². The third-order valence-electron chi connectivity index (χ3n) is 2.90. The smallest absolute Gasteiger partial charge is 0.242 e. The van der Waals surface area contributed by atoms with Gasteiger partial charge in [0.15, 0.2) is 0 Å². The van der Waals surface area contributed by atoms with E-state index in [0.717, 1.165) is 11.4 Å². The van der Waals surface area contributed by atoms with Crippen molar-refractivity contribution in [1.29, 1.82) is 0 Å². The van der Waals surface area contributed by atoms with E-state index in [1.54, 1.807) is 11.9 Å². The number of nitrogens with one attached hydrogen (secondary N) is 1. The van der Waals surface area contributed by atoms with Crippen molar-refractivity contribution in [3.63, 3.8) is 0 Å². The molecule has 1 N–H and O–H groups in total. The fourth-order valence-corrected chi connectivity index (χ4v) is 1.78. The second-order valence-electron chi connectivity index (χ2n) is 4.67. The van der Waals surface area contributed by atoms with Crippen LogP contribution in [0.3, 0.4) is 0 Å². The lowest BCUT2D eigenvalue weighted by Gasteiger charge is -2.23. The van der Waals surface area contributed by atoms with Gasteiger partial charge in [-0.3, -0.25) is 10.2 Å². The van der Waals surface area contributed by atoms with E-state index in [4.69, 9.17) is 0 Å². The monoisotopic (exact) mass is 254 g/mol. The van der Waals surface area contributed by atoms with E-state index in [1.807, 2.05) is 62.4 Å². The maximum absolute atomic E-state index is 11.8. The number of amides is 1. The zero-order chi connectivity index (χ0) is 13.8. The molecule has 0 bridgehead atoms. The van der Waals surface area contributed by atoms with Crippen LogP contribution in [-0.2, 0) is 4.79 Å². The molecule has 19 heavy (non-hydrogen) atoms. The first kappa shape index (κ1) is 13.1. The van der Waals surface area contributed by atoms with Gasteiger partial charge in [0.1, 0.15) is 0 Å². The van der Waals surface area contributed by atoms with Gasteiger partial charge in [-0.05, 0) is 38.1 Å². The Morgan fingerprint density at radius 3 is 1.84 bits per heavy atom. The number of aryl methyl sites for hydroxylation is 2. The molecule has 0 atom stereocenters. The summed E-state index contributed by atoms with van der Waals surface area (Å²) >= 11 is 0. The van der Waals surface area contributed by atoms with Crippen molar-refractivity contribution in [1.82, 2.24) is 0 Å². The summed E-state index contributed by atoms with van der Waals surface area (Å²) in [6.07, 6.45) is 0. The Hall–Kier alpha value is -2.29. The van der Waals surface area contributed by atoms with Crippen molar-refractivity contribution in [2.45, 2.75) is 20.8 Å². The molecule has 98 valence electrons. The van der Waals surface area contributed by atoms with E-state index in [9.17, 15) is 4.79 Å². The molecule has 0 saturated heterocycles. The molecule has 2 aromatic carbocycles. The van der Waals surface area contributed by atoms with Crippen molar-refractivity contribution in [3.8, 4) is 0 Å². The van der Waals surface area contributed by atoms with Gasteiger partial charge in [-0.15, -0.1) is 0 Å². The quantitative estimate of drug-likeness (QED) is 0.847. The highest BCUT2D eigenvalue weighted by molar-refractivity contribution is 5.93. The minimum atomic E-state index is -0.0515. The van der Waals surface area contributed by atoms with Gasteiger partial charge in [-0.2, -0.15) is 0 Å². The minimum Gasteiger partial charge on any atom is -0.291 e. The molecule has 0 aliphatic heterocycles. The fourth-order valence-electron chi connectivity index (χ4n) is 1.78. The van der Waals surface area contributed by atoms with Crippen LogP contribution in [0.4, 0.5) is 11.4 Å². The molecule has 2 rings (SSSR count). The van der Waals surface area contributed by atoms with Crippen molar-refractivity contribution in [2.75, 3.05) is 10.4 Å². The van der Waals surface area contributed by atoms with Crippen LogP contribution in [-0.4, -0.2) is 5.91 Å². The molecular formula is C16H18N2O. The van der Waals surface area contributed by atoms with E-state index in [-0.39, 0.29) is 5.91 Å². The number of nitrogens with zero attached hydrogens (tertiary/aromatic N) is 1. The fraction of sp³-hybridized carbons (Fsp3) is 0.188. The van der Waals surface area contributed by atoms with Crippen LogP contribution in [0.2, 0.25) is 0 Å². The van der Waals surface area contributed by atoms with Gasteiger partial charge in [-0.1, -0.05) is 35.4 Å². The molecule has 0 aliphatic carbocycles. The van der Waals surface area contributed by atoms with E-state index in [2.05, 4.69) is 5.43 Å². The SMILES string of the molecule is CC(=O)N(Nc1ccc(C)cc1)c1ccc(C)cc1. The largest absolute Gasteiger partial charge is 0.291 e. The summed E-state index contributed by atoms with van der Waals surface area (Å²) in [5.41, 5.74) is 7.21. The van der Waals surface area contributed by atoms with Gasteiger partial charge in [-0.25, -0.2) is 5.01 Å². The summed E-state index contributed by atoms with van der Waals surface area (Å²) in [6, 6.07) is 15.8. The molecule has 0 unspecified atom stereocenters. The molecule has 2 aromatic rings. The van der Waals surface area contributed by atoms with Crippen LogP contribution >= 0.6 is 0 Å². The van der Waals surface area contributed by atoms with E-state index >= 15 is 0 Å². The first-order valence-electron chi connectivity index (χ1n) is 6.27. The second-order valence-corrected chi connectivity index (χ2v) is 4.67. The Morgan fingerprint density at radius 2 is 1.37 bits per heavy atom. The standard InChI is InChI=1S/C16H18N2O/c1-12-4-8-15(9-5-12)17-18(14(3)19)16-10-6-13(2)7-11-16/h4-11,17H,1-3H3. The number of rotatable bonds is 3. The normalized spacial score (nSPS) is 10.1. The Balaban J connectivity index is 2.23.